The Morgan fingerprint density at radius 2 is 2.31 bits per heavy atom. The van der Waals surface area contributed by atoms with Crippen LogP contribution in [0.4, 0.5) is 4.79 Å². The molecule has 0 saturated carbocycles. The first-order valence-electron chi connectivity index (χ1n) is 3.90. The van der Waals surface area contributed by atoms with Gasteiger partial charge in [-0.2, -0.15) is 0 Å². The van der Waals surface area contributed by atoms with E-state index < -0.39 is 6.09 Å². The predicted molar refractivity (Wildman–Crippen MR) is 52.5 cm³/mol. The Morgan fingerprint density at radius 3 is 2.85 bits per heavy atom. The molecule has 1 amide bonds. The molecule has 0 aliphatic rings. The van der Waals surface area contributed by atoms with Crippen LogP contribution in [-0.4, -0.2) is 25.6 Å². The molecule has 0 heterocycles. The van der Waals surface area contributed by atoms with E-state index in [2.05, 4.69) is 13.9 Å². The van der Waals surface area contributed by atoms with Gasteiger partial charge in [-0.1, -0.05) is 6.92 Å². The predicted octanol–water partition coefficient (Wildman–Crippen LogP) is 1.75. The molecule has 76 valence electrons. The topological polar surface area (TPSA) is 59.9 Å². The monoisotopic (exact) mass is 206 g/mol. The van der Waals surface area contributed by atoms with E-state index in [1.807, 2.05) is 6.92 Å². The number of nitrogens with one attached hydrogen (secondary N) is 1. The van der Waals surface area contributed by atoms with E-state index in [1.54, 1.807) is 6.92 Å². The molecule has 0 radical (unpaired) electrons. The van der Waals surface area contributed by atoms with Crippen molar-refractivity contribution in [1.82, 2.24) is 5.32 Å². The van der Waals surface area contributed by atoms with Crippen molar-refractivity contribution in [3.8, 4) is 0 Å². The van der Waals surface area contributed by atoms with Gasteiger partial charge in [0.25, 0.3) is 0 Å². The van der Waals surface area contributed by atoms with Gasteiger partial charge in [0.05, 0.1) is 7.11 Å². The number of amides is 1. The van der Waals surface area contributed by atoms with Crippen molar-refractivity contribution in [2.45, 2.75) is 20.3 Å². The molecule has 0 aromatic carbocycles. The van der Waals surface area contributed by atoms with Crippen LogP contribution in [0.25, 0.3) is 0 Å². The molecule has 6 heteroatoms. The van der Waals surface area contributed by atoms with Gasteiger partial charge >= 0.3 is 6.09 Å². The Kier molecular flexibility index (Phi) is 7.18. The number of methoxy groups -OCH3 is 1. The summed E-state index contributed by atoms with van der Waals surface area (Å²) < 4.78 is 13.1. The van der Waals surface area contributed by atoms with Crippen LogP contribution < -0.4 is 5.32 Å². The average molecular weight is 206 g/mol. The second-order valence-electron chi connectivity index (χ2n) is 2.19. The highest BCUT2D eigenvalue weighted by atomic mass is 32.2. The molecular weight excluding hydrogens is 192 g/mol. The first-order valence-corrected chi connectivity index (χ1v) is 4.60. The maximum absolute atomic E-state index is 10.8. The van der Waals surface area contributed by atoms with Crippen LogP contribution in [0.15, 0.2) is 4.40 Å². The summed E-state index contributed by atoms with van der Waals surface area (Å²) in [5.74, 6) is 0.452. The third-order valence-electron chi connectivity index (χ3n) is 1.09. The van der Waals surface area contributed by atoms with Gasteiger partial charge in [-0.3, -0.25) is 0 Å². The molecule has 1 N–H and O–H groups in total. The van der Waals surface area contributed by atoms with Gasteiger partial charge in [-0.15, -0.1) is 4.40 Å². The third kappa shape index (κ3) is 7.45. The number of hydrogen-bond donors (Lipinski definition) is 1. The molecule has 0 unspecified atom stereocenters. The molecule has 13 heavy (non-hydrogen) atoms. The maximum Gasteiger partial charge on any atom is 0.420 e. The lowest BCUT2D eigenvalue weighted by molar-refractivity contribution is 0.208. The Bertz CT molecular complexity index is 185. The molecule has 0 saturated heterocycles. The molecule has 0 aromatic heterocycles. The van der Waals surface area contributed by atoms with E-state index >= 15 is 0 Å². The molecule has 0 atom stereocenters. The van der Waals surface area contributed by atoms with Crippen LogP contribution in [0.3, 0.4) is 0 Å². The fraction of sp³-hybridized carbons (Fsp3) is 0.714. The van der Waals surface area contributed by atoms with Crippen LogP contribution in [0.2, 0.25) is 0 Å². The Labute approximate surface area is 82.2 Å². The van der Waals surface area contributed by atoms with Crippen LogP contribution in [-0.2, 0) is 8.92 Å². The van der Waals surface area contributed by atoms with Crippen molar-refractivity contribution in [3.05, 3.63) is 0 Å². The van der Waals surface area contributed by atoms with Gasteiger partial charge in [-0.05, 0) is 6.42 Å². The standard InChI is InChI=1S/C7H14N2O3S/c1-4-5-8-7(10)12-13-9-6(2)11-3/h4-5H2,1-3H3,(H,8,10)/b9-6+. The second-order valence-corrected chi connectivity index (χ2v) is 2.68. The van der Waals surface area contributed by atoms with Crippen molar-refractivity contribution in [3.63, 3.8) is 0 Å². The first-order chi connectivity index (χ1) is 6.20. The largest absolute Gasteiger partial charge is 0.484 e. The smallest absolute Gasteiger partial charge is 0.420 e. The normalized spacial score (nSPS) is 10.8. The van der Waals surface area contributed by atoms with Crippen molar-refractivity contribution in [2.24, 2.45) is 4.40 Å². The molecule has 0 rings (SSSR count). The Balaban J connectivity index is 3.47. The summed E-state index contributed by atoms with van der Waals surface area (Å²) in [5.41, 5.74) is 0. The van der Waals surface area contributed by atoms with Crippen molar-refractivity contribution >= 4 is 24.2 Å². The van der Waals surface area contributed by atoms with Crippen LogP contribution in [0.5, 0.6) is 0 Å². The number of carbonyl (C=O) groups excluding carboxylic acids is 1. The van der Waals surface area contributed by atoms with E-state index in [0.717, 1.165) is 6.42 Å². The SMILES string of the molecule is CCCNC(=O)OS/N=C(\C)OC. The summed E-state index contributed by atoms with van der Waals surface area (Å²) in [6.07, 6.45) is 0.389. The molecule has 0 aromatic rings. The number of nitrogens with zero attached hydrogens (tertiary/aromatic N) is 1. The minimum absolute atomic E-state index is 0.452. The highest BCUT2D eigenvalue weighted by Crippen LogP contribution is 2.04. The van der Waals surface area contributed by atoms with Crippen LogP contribution in [0, 0.1) is 0 Å². The Morgan fingerprint density at radius 1 is 1.62 bits per heavy atom. The quantitative estimate of drug-likeness (QED) is 0.329. The van der Waals surface area contributed by atoms with Gasteiger partial charge in [0.1, 0.15) is 0 Å². The fourth-order valence-corrected chi connectivity index (χ4v) is 0.742. The zero-order valence-corrected chi connectivity index (χ0v) is 8.81. The molecule has 0 bridgehead atoms. The highest BCUT2D eigenvalue weighted by molar-refractivity contribution is 7.93. The second kappa shape index (κ2) is 7.72. The molecule has 0 aliphatic carbocycles. The zero-order valence-electron chi connectivity index (χ0n) is 7.99. The summed E-state index contributed by atoms with van der Waals surface area (Å²) in [4.78, 5) is 10.8. The van der Waals surface area contributed by atoms with Crippen LogP contribution in [0.1, 0.15) is 20.3 Å². The summed E-state index contributed by atoms with van der Waals surface area (Å²) in [7, 11) is 1.50. The number of carbonyl (C=O) groups is 1. The van der Waals surface area contributed by atoms with Crippen LogP contribution >= 0.6 is 12.2 Å². The van der Waals surface area contributed by atoms with Crippen molar-refractivity contribution in [1.29, 1.82) is 0 Å². The summed E-state index contributed by atoms with van der Waals surface area (Å²) >= 11 is 0.695. The Hall–Kier alpha value is -0.910. The first kappa shape index (κ1) is 12.1. The summed E-state index contributed by atoms with van der Waals surface area (Å²) in [5, 5.41) is 2.53. The lowest BCUT2D eigenvalue weighted by atomic mass is 10.5. The fourth-order valence-electron chi connectivity index (χ4n) is 0.399. The minimum atomic E-state index is -0.487. The zero-order chi connectivity index (χ0) is 10.1. The lowest BCUT2D eigenvalue weighted by Crippen LogP contribution is -2.22. The summed E-state index contributed by atoms with van der Waals surface area (Å²) in [6, 6.07) is 0. The number of hydrogen-bond acceptors (Lipinski definition) is 5. The van der Waals surface area contributed by atoms with E-state index in [9.17, 15) is 4.79 Å². The summed E-state index contributed by atoms with van der Waals surface area (Å²) in [6.45, 7) is 4.23. The van der Waals surface area contributed by atoms with E-state index in [1.165, 1.54) is 7.11 Å². The van der Waals surface area contributed by atoms with E-state index in [-0.39, 0.29) is 0 Å². The van der Waals surface area contributed by atoms with Gasteiger partial charge in [0, 0.05) is 13.5 Å². The van der Waals surface area contributed by atoms with Gasteiger partial charge in [-0.25, -0.2) is 4.79 Å². The van der Waals surface area contributed by atoms with E-state index in [0.29, 0.717) is 24.7 Å². The van der Waals surface area contributed by atoms with Crippen molar-refractivity contribution < 1.29 is 13.7 Å². The average Bonchev–Trinajstić information content (AvgIpc) is 2.14. The van der Waals surface area contributed by atoms with E-state index in [4.69, 9.17) is 4.74 Å². The third-order valence-corrected chi connectivity index (χ3v) is 1.65. The lowest BCUT2D eigenvalue weighted by Gasteiger charge is -2.00. The van der Waals surface area contributed by atoms with Gasteiger partial charge < -0.3 is 14.2 Å². The molecule has 0 fully saturated rings. The highest BCUT2D eigenvalue weighted by Gasteiger charge is 1.99. The molecule has 0 spiro atoms. The molecular formula is C7H14N2O3S. The maximum atomic E-state index is 10.8. The van der Waals surface area contributed by atoms with Gasteiger partial charge in [0.2, 0.25) is 12.2 Å². The van der Waals surface area contributed by atoms with Crippen molar-refractivity contribution in [2.75, 3.05) is 13.7 Å². The van der Waals surface area contributed by atoms with Gasteiger partial charge in [0.15, 0.2) is 5.90 Å². The molecule has 0 aliphatic heterocycles. The number of ether oxygens (including phenoxy) is 1. The number of rotatable bonds is 4. The minimum Gasteiger partial charge on any atom is -0.484 e. The molecule has 5 nitrogen and oxygen atoms in total.